The second-order valence-electron chi connectivity index (χ2n) is 2.21. The number of nitrogens with one attached hydrogen (secondary N) is 1. The predicted octanol–water partition coefficient (Wildman–Crippen LogP) is -2.60. The Morgan fingerprint density at radius 1 is 1.40 bits per heavy atom. The van der Waals surface area contributed by atoms with Crippen molar-refractivity contribution in [3.8, 4) is 0 Å². The molecule has 0 spiro atoms. The van der Waals surface area contributed by atoms with Gasteiger partial charge >= 0.3 is 0 Å². The summed E-state index contributed by atoms with van der Waals surface area (Å²) in [6, 6.07) is 6.19. The maximum absolute atomic E-state index is 3.26. The number of hydrogen-bond acceptors (Lipinski definition) is 1. The molecule has 0 aromatic carbocycles. The fourth-order valence-corrected chi connectivity index (χ4v) is 1.14. The van der Waals surface area contributed by atoms with Gasteiger partial charge in [-0.05, 0) is 6.07 Å². The predicted molar refractivity (Wildman–Crippen MR) is 35.1 cm³/mol. The molecule has 0 unspecified atom stereocenters. The van der Waals surface area contributed by atoms with Crippen molar-refractivity contribution in [1.29, 1.82) is 0 Å². The van der Waals surface area contributed by atoms with E-state index < -0.39 is 0 Å². The van der Waals surface area contributed by atoms with E-state index in [0.717, 1.165) is 13.1 Å². The number of halogens is 1. The van der Waals surface area contributed by atoms with Gasteiger partial charge in [0, 0.05) is 6.07 Å². The number of aromatic nitrogens is 1. The molecule has 2 nitrogen and oxygen atoms in total. The maximum Gasteiger partial charge on any atom is 0.274 e. The molecular formula is C7H9ClN2. The normalized spacial score (nSPS) is 13.2. The number of pyridine rings is 1. The SMILES string of the molecule is [Cl-].c1cc[n+]2c(c1)NCC2. The Labute approximate surface area is 66.3 Å². The number of anilines is 1. The minimum Gasteiger partial charge on any atom is -1.00 e. The zero-order valence-corrected chi connectivity index (χ0v) is 6.30. The van der Waals surface area contributed by atoms with Crippen molar-refractivity contribution < 1.29 is 17.0 Å². The second-order valence-corrected chi connectivity index (χ2v) is 2.21. The van der Waals surface area contributed by atoms with Crippen LogP contribution in [-0.4, -0.2) is 6.54 Å². The molecular weight excluding hydrogens is 148 g/mol. The molecule has 1 aromatic rings. The second kappa shape index (κ2) is 2.88. The fraction of sp³-hybridized carbons (Fsp3) is 0.286. The van der Waals surface area contributed by atoms with E-state index in [1.165, 1.54) is 5.82 Å². The molecule has 3 heteroatoms. The van der Waals surface area contributed by atoms with Crippen molar-refractivity contribution in [1.82, 2.24) is 0 Å². The molecule has 54 valence electrons. The van der Waals surface area contributed by atoms with Gasteiger partial charge in [0.2, 0.25) is 0 Å². The van der Waals surface area contributed by atoms with E-state index in [-0.39, 0.29) is 12.4 Å². The van der Waals surface area contributed by atoms with Crippen LogP contribution in [0, 0.1) is 0 Å². The van der Waals surface area contributed by atoms with Gasteiger partial charge < -0.3 is 12.4 Å². The van der Waals surface area contributed by atoms with Crippen LogP contribution in [-0.2, 0) is 6.54 Å². The zero-order valence-electron chi connectivity index (χ0n) is 5.55. The first-order valence-electron chi connectivity index (χ1n) is 3.19. The summed E-state index contributed by atoms with van der Waals surface area (Å²) >= 11 is 0. The van der Waals surface area contributed by atoms with Gasteiger partial charge in [-0.1, -0.05) is 6.07 Å². The molecule has 0 aliphatic carbocycles. The van der Waals surface area contributed by atoms with Crippen LogP contribution in [0.1, 0.15) is 0 Å². The molecule has 10 heavy (non-hydrogen) atoms. The van der Waals surface area contributed by atoms with Crippen LogP contribution in [0.4, 0.5) is 5.82 Å². The van der Waals surface area contributed by atoms with Crippen LogP contribution in [0.5, 0.6) is 0 Å². The van der Waals surface area contributed by atoms with Crippen LogP contribution < -0.4 is 22.3 Å². The summed E-state index contributed by atoms with van der Waals surface area (Å²) in [5.41, 5.74) is 0. The van der Waals surface area contributed by atoms with Crippen molar-refractivity contribution in [3.63, 3.8) is 0 Å². The smallest absolute Gasteiger partial charge is 0.274 e. The molecule has 0 bridgehead atoms. The molecule has 2 rings (SSSR count). The Hall–Kier alpha value is -0.760. The number of rotatable bonds is 0. The number of hydrogen-bond donors (Lipinski definition) is 1. The standard InChI is InChI=1S/C7H8N2.ClH/c1-2-5-9-6-4-8-7(9)3-1;/h1-3,5H,4,6H2;1H. The Kier molecular flexibility index (Phi) is 2.12. The van der Waals surface area contributed by atoms with E-state index in [2.05, 4.69) is 28.2 Å². The van der Waals surface area contributed by atoms with Crippen molar-refractivity contribution in [2.24, 2.45) is 0 Å². The summed E-state index contributed by atoms with van der Waals surface area (Å²) in [7, 11) is 0. The van der Waals surface area contributed by atoms with Crippen LogP contribution in [0.3, 0.4) is 0 Å². The number of fused-ring (bicyclic) bond motifs is 1. The Balaban J connectivity index is 0.000000500. The molecule has 0 saturated carbocycles. The van der Waals surface area contributed by atoms with E-state index in [0.29, 0.717) is 0 Å². The highest BCUT2D eigenvalue weighted by molar-refractivity contribution is 5.28. The van der Waals surface area contributed by atoms with Crippen molar-refractivity contribution in [3.05, 3.63) is 24.4 Å². The van der Waals surface area contributed by atoms with Gasteiger partial charge in [0.15, 0.2) is 0 Å². The zero-order chi connectivity index (χ0) is 6.10. The minimum atomic E-state index is 0. The van der Waals surface area contributed by atoms with Crippen LogP contribution in [0.15, 0.2) is 24.4 Å². The monoisotopic (exact) mass is 156 g/mol. The highest BCUT2D eigenvalue weighted by atomic mass is 35.5. The molecule has 0 fully saturated rings. The van der Waals surface area contributed by atoms with Gasteiger partial charge in [-0.25, -0.2) is 4.57 Å². The lowest BCUT2D eigenvalue weighted by atomic mass is 10.5. The molecule has 0 saturated heterocycles. The lowest BCUT2D eigenvalue weighted by Gasteiger charge is -1.88. The van der Waals surface area contributed by atoms with E-state index >= 15 is 0 Å². The molecule has 1 aromatic heterocycles. The van der Waals surface area contributed by atoms with E-state index in [1.54, 1.807) is 0 Å². The van der Waals surface area contributed by atoms with Crippen molar-refractivity contribution in [2.45, 2.75) is 6.54 Å². The van der Waals surface area contributed by atoms with E-state index in [4.69, 9.17) is 0 Å². The van der Waals surface area contributed by atoms with Crippen LogP contribution >= 0.6 is 0 Å². The topological polar surface area (TPSA) is 15.9 Å². The third kappa shape index (κ3) is 1.07. The fourth-order valence-electron chi connectivity index (χ4n) is 1.14. The molecule has 0 amide bonds. The summed E-state index contributed by atoms with van der Waals surface area (Å²) in [5.74, 6) is 1.23. The maximum atomic E-state index is 3.26. The van der Waals surface area contributed by atoms with Crippen LogP contribution in [0.25, 0.3) is 0 Å². The Bertz CT molecular complexity index is 202. The van der Waals surface area contributed by atoms with Gasteiger partial charge in [0.25, 0.3) is 5.82 Å². The lowest BCUT2D eigenvalue weighted by molar-refractivity contribution is -0.670. The average Bonchev–Trinajstić information content (AvgIpc) is 2.33. The molecule has 0 radical (unpaired) electrons. The first-order chi connectivity index (χ1) is 4.47. The largest absolute Gasteiger partial charge is 1.00 e. The summed E-state index contributed by atoms with van der Waals surface area (Å²) in [5, 5.41) is 3.26. The van der Waals surface area contributed by atoms with Gasteiger partial charge in [0.1, 0.15) is 13.1 Å². The molecule has 1 N–H and O–H groups in total. The van der Waals surface area contributed by atoms with Gasteiger partial charge in [-0.15, -0.1) is 0 Å². The van der Waals surface area contributed by atoms with E-state index in [9.17, 15) is 0 Å². The quantitative estimate of drug-likeness (QED) is 0.408. The summed E-state index contributed by atoms with van der Waals surface area (Å²) in [6.45, 7) is 2.18. The molecule has 1 aliphatic heterocycles. The van der Waals surface area contributed by atoms with Crippen molar-refractivity contribution >= 4 is 5.82 Å². The summed E-state index contributed by atoms with van der Waals surface area (Å²) in [4.78, 5) is 0. The van der Waals surface area contributed by atoms with Gasteiger partial charge in [-0.2, -0.15) is 0 Å². The van der Waals surface area contributed by atoms with Crippen molar-refractivity contribution in [2.75, 3.05) is 11.9 Å². The molecule has 2 heterocycles. The highest BCUT2D eigenvalue weighted by Gasteiger charge is 2.13. The third-order valence-electron chi connectivity index (χ3n) is 1.60. The molecule has 0 atom stereocenters. The Morgan fingerprint density at radius 2 is 2.30 bits per heavy atom. The summed E-state index contributed by atoms with van der Waals surface area (Å²) in [6.07, 6.45) is 2.09. The third-order valence-corrected chi connectivity index (χ3v) is 1.60. The minimum absolute atomic E-state index is 0. The first kappa shape index (κ1) is 7.35. The highest BCUT2D eigenvalue weighted by Crippen LogP contribution is 2.01. The van der Waals surface area contributed by atoms with Gasteiger partial charge in [-0.3, -0.25) is 5.32 Å². The van der Waals surface area contributed by atoms with Gasteiger partial charge in [0.05, 0.1) is 6.20 Å². The first-order valence-corrected chi connectivity index (χ1v) is 3.19. The average molecular weight is 157 g/mol. The Morgan fingerprint density at radius 3 is 3.10 bits per heavy atom. The van der Waals surface area contributed by atoms with Crippen LogP contribution in [0.2, 0.25) is 0 Å². The lowest BCUT2D eigenvalue weighted by Crippen LogP contribution is -3.00. The molecule has 1 aliphatic rings. The number of nitrogens with zero attached hydrogens (tertiary/aromatic N) is 1. The van der Waals surface area contributed by atoms with E-state index in [1.807, 2.05) is 6.07 Å². The summed E-state index contributed by atoms with van der Waals surface area (Å²) < 4.78 is 2.21.